The summed E-state index contributed by atoms with van der Waals surface area (Å²) in [7, 11) is -2.63. The summed E-state index contributed by atoms with van der Waals surface area (Å²) in [6.07, 6.45) is 0. The van der Waals surface area contributed by atoms with E-state index >= 15 is 0 Å². The summed E-state index contributed by atoms with van der Waals surface area (Å²) in [6.45, 7) is 1.34. The highest BCUT2D eigenvalue weighted by Crippen LogP contribution is 2.27. The number of rotatable bonds is 7. The zero-order chi connectivity index (χ0) is 20.2. The number of benzene rings is 2. The highest BCUT2D eigenvalue weighted by molar-refractivity contribution is 7.89. The van der Waals surface area contributed by atoms with Crippen molar-refractivity contribution in [2.24, 2.45) is 0 Å². The van der Waals surface area contributed by atoms with Gasteiger partial charge in [-0.2, -0.15) is 4.72 Å². The van der Waals surface area contributed by atoms with Crippen LogP contribution in [0.15, 0.2) is 47.4 Å². The molecule has 0 fully saturated rings. The number of nitro groups is 1. The number of methoxy groups -OCH3 is 1. The summed E-state index contributed by atoms with van der Waals surface area (Å²) in [5.41, 5.74) is -0.0263. The molecule has 2 N–H and O–H groups in total. The van der Waals surface area contributed by atoms with Gasteiger partial charge in [0.15, 0.2) is 0 Å². The molecule has 0 bridgehead atoms. The molecule has 144 valence electrons. The molecule has 0 aliphatic rings. The Morgan fingerprint density at radius 3 is 2.56 bits per heavy atom. The number of ether oxygens (including phenoxy) is 1. The van der Waals surface area contributed by atoms with Gasteiger partial charge in [-0.25, -0.2) is 8.42 Å². The van der Waals surface area contributed by atoms with Gasteiger partial charge < -0.3 is 10.1 Å². The molecule has 2 aromatic carbocycles. The summed E-state index contributed by atoms with van der Waals surface area (Å²) < 4.78 is 32.0. The van der Waals surface area contributed by atoms with Gasteiger partial charge in [-0.1, -0.05) is 17.7 Å². The van der Waals surface area contributed by atoms with Crippen LogP contribution in [0.2, 0.25) is 5.02 Å². The standard InChI is InChI=1S/C16H16ClN3O6S/c1-10(16(21)18-11-4-3-5-12(8-11)20(22)23)19-27(24,25)13-6-7-15(26-2)14(17)9-13/h3-10,19H,1-2H3,(H,18,21)/t10-/m0/s1. The Morgan fingerprint density at radius 1 is 1.26 bits per heavy atom. The molecule has 9 nitrogen and oxygen atoms in total. The third-order valence-electron chi connectivity index (χ3n) is 3.48. The summed E-state index contributed by atoms with van der Waals surface area (Å²) in [6, 6.07) is 8.04. The summed E-state index contributed by atoms with van der Waals surface area (Å²) in [4.78, 5) is 22.3. The van der Waals surface area contributed by atoms with Gasteiger partial charge in [0.1, 0.15) is 5.75 Å². The van der Waals surface area contributed by atoms with Crippen LogP contribution in [0, 0.1) is 10.1 Å². The third kappa shape index (κ3) is 5.16. The van der Waals surface area contributed by atoms with E-state index in [-0.39, 0.29) is 21.3 Å². The van der Waals surface area contributed by atoms with Gasteiger partial charge in [0.25, 0.3) is 5.69 Å². The molecule has 2 rings (SSSR count). The second-order valence-corrected chi connectivity index (χ2v) is 7.56. The molecule has 1 atom stereocenters. The van der Waals surface area contributed by atoms with Crippen molar-refractivity contribution in [2.75, 3.05) is 12.4 Å². The molecule has 0 saturated carbocycles. The van der Waals surface area contributed by atoms with Crippen LogP contribution in [-0.2, 0) is 14.8 Å². The molecule has 0 heterocycles. The molecule has 0 aliphatic carbocycles. The predicted molar refractivity (Wildman–Crippen MR) is 99.5 cm³/mol. The quantitative estimate of drug-likeness (QED) is 0.530. The maximum atomic E-state index is 12.4. The lowest BCUT2D eigenvalue weighted by atomic mass is 10.2. The first kappa shape index (κ1) is 20.6. The number of nitrogens with zero attached hydrogens (tertiary/aromatic N) is 1. The highest BCUT2D eigenvalue weighted by atomic mass is 35.5. The Morgan fingerprint density at radius 2 is 1.96 bits per heavy atom. The first-order valence-electron chi connectivity index (χ1n) is 7.55. The van der Waals surface area contributed by atoms with Crippen molar-refractivity contribution in [3.05, 3.63) is 57.6 Å². The van der Waals surface area contributed by atoms with E-state index in [4.69, 9.17) is 16.3 Å². The molecule has 11 heteroatoms. The van der Waals surface area contributed by atoms with Crippen LogP contribution in [0.25, 0.3) is 0 Å². The normalized spacial score (nSPS) is 12.3. The Balaban J connectivity index is 2.12. The third-order valence-corrected chi connectivity index (χ3v) is 5.32. The van der Waals surface area contributed by atoms with Crippen LogP contribution in [0.4, 0.5) is 11.4 Å². The molecule has 0 unspecified atom stereocenters. The molecule has 0 aliphatic heterocycles. The predicted octanol–water partition coefficient (Wildman–Crippen LogP) is 2.56. The number of carbonyl (C=O) groups excluding carboxylic acids is 1. The average Bonchev–Trinajstić information content (AvgIpc) is 2.61. The average molecular weight is 414 g/mol. The van der Waals surface area contributed by atoms with Crippen LogP contribution >= 0.6 is 11.6 Å². The van der Waals surface area contributed by atoms with Gasteiger partial charge in [0.2, 0.25) is 15.9 Å². The van der Waals surface area contributed by atoms with E-state index < -0.39 is 26.9 Å². The second kappa shape index (κ2) is 8.33. The Hall–Kier alpha value is -2.69. The molecule has 0 spiro atoms. The van der Waals surface area contributed by atoms with E-state index in [9.17, 15) is 23.3 Å². The number of halogens is 1. The lowest BCUT2D eigenvalue weighted by Gasteiger charge is -2.15. The zero-order valence-electron chi connectivity index (χ0n) is 14.3. The number of carbonyl (C=O) groups is 1. The SMILES string of the molecule is COc1ccc(S(=O)(=O)N[C@@H](C)C(=O)Nc2cccc([N+](=O)[O-])c2)cc1Cl. The first-order valence-corrected chi connectivity index (χ1v) is 9.41. The minimum atomic E-state index is -4.02. The minimum Gasteiger partial charge on any atom is -0.495 e. The van der Waals surface area contributed by atoms with Crippen molar-refractivity contribution in [3.63, 3.8) is 0 Å². The smallest absolute Gasteiger partial charge is 0.271 e. The minimum absolute atomic E-state index is 0.106. The van der Waals surface area contributed by atoms with Crippen molar-refractivity contribution in [1.29, 1.82) is 0 Å². The number of hydrogen-bond acceptors (Lipinski definition) is 6. The Labute approximate surface area is 160 Å². The van der Waals surface area contributed by atoms with Gasteiger partial charge in [0, 0.05) is 17.8 Å². The van der Waals surface area contributed by atoms with E-state index in [1.807, 2.05) is 0 Å². The molecular formula is C16H16ClN3O6S. The molecule has 0 saturated heterocycles. The van der Waals surface area contributed by atoms with Crippen LogP contribution in [0.5, 0.6) is 5.75 Å². The summed E-state index contributed by atoms with van der Waals surface area (Å²) >= 11 is 5.93. The first-order chi connectivity index (χ1) is 12.6. The number of amides is 1. The molecule has 0 aromatic heterocycles. The monoisotopic (exact) mass is 413 g/mol. The van der Waals surface area contributed by atoms with E-state index in [0.717, 1.165) is 0 Å². The zero-order valence-corrected chi connectivity index (χ0v) is 15.9. The maximum absolute atomic E-state index is 12.4. The van der Waals surface area contributed by atoms with Crippen LogP contribution in [0.1, 0.15) is 6.92 Å². The fourth-order valence-electron chi connectivity index (χ4n) is 2.12. The lowest BCUT2D eigenvalue weighted by Crippen LogP contribution is -2.41. The van der Waals surface area contributed by atoms with Gasteiger partial charge in [0.05, 0.1) is 28.0 Å². The molecule has 27 heavy (non-hydrogen) atoms. The van der Waals surface area contributed by atoms with Crippen molar-refractivity contribution in [1.82, 2.24) is 4.72 Å². The fraction of sp³-hybridized carbons (Fsp3) is 0.188. The van der Waals surface area contributed by atoms with E-state index in [1.165, 1.54) is 56.5 Å². The summed E-state index contributed by atoms with van der Waals surface area (Å²) in [5.74, 6) is -0.370. The highest BCUT2D eigenvalue weighted by Gasteiger charge is 2.23. The van der Waals surface area contributed by atoms with E-state index in [2.05, 4.69) is 10.0 Å². The van der Waals surface area contributed by atoms with Gasteiger partial charge in [-0.05, 0) is 31.2 Å². The number of anilines is 1. The van der Waals surface area contributed by atoms with Gasteiger partial charge in [-0.3, -0.25) is 14.9 Å². The van der Waals surface area contributed by atoms with Crippen molar-refractivity contribution in [2.45, 2.75) is 17.9 Å². The number of non-ortho nitro benzene ring substituents is 1. The number of nitrogens with one attached hydrogen (secondary N) is 2. The Kier molecular flexibility index (Phi) is 6.37. The Bertz CT molecular complexity index is 980. The van der Waals surface area contributed by atoms with Crippen molar-refractivity contribution >= 4 is 38.9 Å². The molecule has 0 radical (unpaired) electrons. The van der Waals surface area contributed by atoms with Crippen LogP contribution < -0.4 is 14.8 Å². The number of hydrogen-bond donors (Lipinski definition) is 2. The largest absolute Gasteiger partial charge is 0.495 e. The van der Waals surface area contributed by atoms with Gasteiger partial charge in [-0.15, -0.1) is 0 Å². The molecular weight excluding hydrogens is 398 g/mol. The maximum Gasteiger partial charge on any atom is 0.271 e. The van der Waals surface area contributed by atoms with Crippen molar-refractivity contribution in [3.8, 4) is 5.75 Å². The van der Waals surface area contributed by atoms with Gasteiger partial charge >= 0.3 is 0 Å². The molecule has 1 amide bonds. The van der Waals surface area contributed by atoms with Crippen LogP contribution in [0.3, 0.4) is 0 Å². The topological polar surface area (TPSA) is 128 Å². The molecule has 2 aromatic rings. The van der Waals surface area contributed by atoms with E-state index in [0.29, 0.717) is 5.75 Å². The lowest BCUT2D eigenvalue weighted by molar-refractivity contribution is -0.384. The number of sulfonamides is 1. The summed E-state index contributed by atoms with van der Waals surface area (Å²) in [5, 5.41) is 13.3. The number of nitro benzene ring substituents is 1. The second-order valence-electron chi connectivity index (χ2n) is 5.44. The van der Waals surface area contributed by atoms with E-state index in [1.54, 1.807) is 0 Å². The van der Waals surface area contributed by atoms with Crippen molar-refractivity contribution < 1.29 is 22.9 Å². The fourth-order valence-corrected chi connectivity index (χ4v) is 3.67. The van der Waals surface area contributed by atoms with Crippen LogP contribution in [-0.4, -0.2) is 32.4 Å².